The van der Waals surface area contributed by atoms with Crippen molar-refractivity contribution in [3.63, 3.8) is 0 Å². The molecule has 0 spiro atoms. The number of Topliss-reactive ketones (excluding diaryl/α,β-unsaturated/α-hetero) is 1. The van der Waals surface area contributed by atoms with Crippen LogP contribution < -0.4 is 0 Å². The number of hydrogen-bond acceptors (Lipinski definition) is 3. The van der Waals surface area contributed by atoms with E-state index in [1.54, 1.807) is 36.4 Å². The summed E-state index contributed by atoms with van der Waals surface area (Å²) < 4.78 is 0. The second-order valence-corrected chi connectivity index (χ2v) is 7.09. The molecule has 0 saturated heterocycles. The Labute approximate surface area is 173 Å². The number of nitrogens with zero attached hydrogens (tertiary/aromatic N) is 1. The zero-order valence-electron chi connectivity index (χ0n) is 16.0. The Hall–Kier alpha value is -4.18. The van der Waals surface area contributed by atoms with Crippen LogP contribution in [0.25, 0.3) is 33.1 Å². The first kappa shape index (κ1) is 17.9. The monoisotopic (exact) mass is 390 g/mol. The minimum atomic E-state index is -0.291. The number of benzene rings is 4. The summed E-state index contributed by atoms with van der Waals surface area (Å²) in [5.74, 6) is -0.0517. The number of carbonyl (C=O) groups is 1. The Kier molecular flexibility index (Phi) is 4.37. The Bertz CT molecular complexity index is 1350. The number of fused-ring (bicyclic) bond motifs is 2. The lowest BCUT2D eigenvalue weighted by Crippen LogP contribution is -2.07. The first-order chi connectivity index (χ1) is 14.7. The molecule has 0 aliphatic carbocycles. The van der Waals surface area contributed by atoms with Gasteiger partial charge >= 0.3 is 0 Å². The molecule has 0 bridgehead atoms. The second kappa shape index (κ2) is 7.33. The molecule has 4 heteroatoms. The third-order valence-corrected chi connectivity index (χ3v) is 5.13. The highest BCUT2D eigenvalue weighted by atomic mass is 16.3. The highest BCUT2D eigenvalue weighted by Gasteiger charge is 2.23. The van der Waals surface area contributed by atoms with E-state index in [1.807, 2.05) is 60.7 Å². The SMILES string of the molecule is O=C(C(=C(O)c1ccccc1)c1nc2cc3ccccc3cc2[nH]1)c1ccccc1. The average Bonchev–Trinajstić information content (AvgIpc) is 3.20. The van der Waals surface area contributed by atoms with Crippen molar-refractivity contribution in [2.24, 2.45) is 0 Å². The number of aliphatic hydroxyl groups is 1. The number of aromatic amines is 1. The molecule has 0 amide bonds. The fourth-order valence-electron chi connectivity index (χ4n) is 3.62. The summed E-state index contributed by atoms with van der Waals surface area (Å²) in [6.07, 6.45) is 0. The van der Waals surface area contributed by atoms with Crippen molar-refractivity contribution in [3.05, 3.63) is 114 Å². The van der Waals surface area contributed by atoms with Gasteiger partial charge in [-0.3, -0.25) is 4.79 Å². The van der Waals surface area contributed by atoms with E-state index in [9.17, 15) is 9.90 Å². The molecule has 1 aromatic heterocycles. The molecule has 144 valence electrons. The van der Waals surface area contributed by atoms with Crippen LogP contribution in [-0.2, 0) is 0 Å². The first-order valence-electron chi connectivity index (χ1n) is 9.68. The molecule has 0 aliphatic rings. The molecule has 5 aromatic rings. The molecule has 0 saturated carbocycles. The predicted molar refractivity (Wildman–Crippen MR) is 120 cm³/mol. The van der Waals surface area contributed by atoms with Crippen LogP contribution in [0.1, 0.15) is 21.7 Å². The Morgan fingerprint density at radius 3 is 1.97 bits per heavy atom. The van der Waals surface area contributed by atoms with E-state index < -0.39 is 0 Å². The van der Waals surface area contributed by atoms with E-state index in [4.69, 9.17) is 0 Å². The van der Waals surface area contributed by atoms with E-state index >= 15 is 0 Å². The lowest BCUT2D eigenvalue weighted by atomic mass is 9.99. The predicted octanol–water partition coefficient (Wildman–Crippen LogP) is 6.03. The molecule has 0 unspecified atom stereocenters. The van der Waals surface area contributed by atoms with Crippen LogP contribution in [0, 0.1) is 0 Å². The van der Waals surface area contributed by atoms with Crippen LogP contribution in [0.2, 0.25) is 0 Å². The van der Waals surface area contributed by atoms with E-state index in [1.165, 1.54) is 0 Å². The number of aromatic nitrogens is 2. The number of nitrogens with one attached hydrogen (secondary N) is 1. The number of imidazole rings is 1. The van der Waals surface area contributed by atoms with Crippen molar-refractivity contribution in [2.75, 3.05) is 0 Å². The van der Waals surface area contributed by atoms with E-state index in [2.05, 4.69) is 9.97 Å². The van der Waals surface area contributed by atoms with Crippen LogP contribution in [0.4, 0.5) is 0 Å². The summed E-state index contributed by atoms with van der Waals surface area (Å²) in [5, 5.41) is 13.2. The van der Waals surface area contributed by atoms with Gasteiger partial charge in [0, 0.05) is 11.1 Å². The summed E-state index contributed by atoms with van der Waals surface area (Å²) in [7, 11) is 0. The molecule has 1 heterocycles. The summed E-state index contributed by atoms with van der Waals surface area (Å²) in [6.45, 7) is 0. The average molecular weight is 390 g/mol. The van der Waals surface area contributed by atoms with Gasteiger partial charge in [0.25, 0.3) is 0 Å². The van der Waals surface area contributed by atoms with Crippen LogP contribution in [0.15, 0.2) is 97.1 Å². The fourth-order valence-corrected chi connectivity index (χ4v) is 3.62. The fraction of sp³-hybridized carbons (Fsp3) is 0. The third kappa shape index (κ3) is 3.14. The number of carbonyl (C=O) groups excluding carboxylic acids is 1. The lowest BCUT2D eigenvalue weighted by molar-refractivity contribution is 0.105. The number of hydrogen-bond donors (Lipinski definition) is 2. The van der Waals surface area contributed by atoms with Crippen LogP contribution in [-0.4, -0.2) is 20.9 Å². The van der Waals surface area contributed by atoms with Crippen LogP contribution >= 0.6 is 0 Å². The highest BCUT2D eigenvalue weighted by Crippen LogP contribution is 2.29. The Morgan fingerprint density at radius 2 is 1.30 bits per heavy atom. The maximum Gasteiger partial charge on any atom is 0.200 e. The van der Waals surface area contributed by atoms with Gasteiger partial charge in [-0.25, -0.2) is 4.98 Å². The minimum absolute atomic E-state index is 0.104. The van der Waals surface area contributed by atoms with Gasteiger partial charge in [-0.2, -0.15) is 0 Å². The third-order valence-electron chi connectivity index (χ3n) is 5.13. The first-order valence-corrected chi connectivity index (χ1v) is 9.68. The molecule has 0 aliphatic heterocycles. The van der Waals surface area contributed by atoms with Crippen LogP contribution in [0.5, 0.6) is 0 Å². The number of allylic oxidation sites excluding steroid dienone is 1. The smallest absolute Gasteiger partial charge is 0.200 e. The molecule has 0 fully saturated rings. The molecule has 5 rings (SSSR count). The van der Waals surface area contributed by atoms with Gasteiger partial charge < -0.3 is 10.1 Å². The Balaban J connectivity index is 1.74. The summed E-state index contributed by atoms with van der Waals surface area (Å²) in [4.78, 5) is 21.3. The molecule has 0 atom stereocenters. The van der Waals surface area contributed by atoms with Gasteiger partial charge in [-0.15, -0.1) is 0 Å². The van der Waals surface area contributed by atoms with Gasteiger partial charge in [-0.1, -0.05) is 84.9 Å². The maximum absolute atomic E-state index is 13.4. The molecule has 4 nitrogen and oxygen atoms in total. The van der Waals surface area contributed by atoms with E-state index in [0.717, 1.165) is 21.8 Å². The number of ketones is 1. The topological polar surface area (TPSA) is 66.0 Å². The van der Waals surface area contributed by atoms with E-state index in [0.29, 0.717) is 17.0 Å². The zero-order chi connectivity index (χ0) is 20.5. The van der Waals surface area contributed by atoms with Crippen molar-refractivity contribution in [2.45, 2.75) is 0 Å². The van der Waals surface area contributed by atoms with E-state index in [-0.39, 0.29) is 17.1 Å². The largest absolute Gasteiger partial charge is 0.506 e. The van der Waals surface area contributed by atoms with Gasteiger partial charge in [0.15, 0.2) is 0 Å². The molecule has 0 radical (unpaired) electrons. The highest BCUT2D eigenvalue weighted by molar-refractivity contribution is 6.33. The standard InChI is InChI=1S/C26H18N2O2/c29-24(17-9-3-1-4-10-17)23(25(30)18-11-5-2-6-12-18)26-27-21-15-19-13-7-8-14-20(19)16-22(21)28-26/h1-16,29H,(H,27,28). The summed E-state index contributed by atoms with van der Waals surface area (Å²) in [5.41, 5.74) is 2.74. The zero-order valence-corrected chi connectivity index (χ0v) is 16.0. The van der Waals surface area contributed by atoms with Gasteiger partial charge in [-0.05, 0) is 22.9 Å². The molecule has 4 aromatic carbocycles. The molecule has 2 N–H and O–H groups in total. The van der Waals surface area contributed by atoms with Crippen molar-refractivity contribution in [1.82, 2.24) is 9.97 Å². The number of aliphatic hydroxyl groups excluding tert-OH is 1. The van der Waals surface area contributed by atoms with Gasteiger partial charge in [0.1, 0.15) is 17.2 Å². The quantitative estimate of drug-likeness (QED) is 0.224. The molecular formula is C26H18N2O2. The van der Waals surface area contributed by atoms with Crippen molar-refractivity contribution >= 4 is 38.9 Å². The summed E-state index contributed by atoms with van der Waals surface area (Å²) in [6, 6.07) is 30.0. The van der Waals surface area contributed by atoms with Crippen LogP contribution in [0.3, 0.4) is 0 Å². The second-order valence-electron chi connectivity index (χ2n) is 7.09. The molecule has 30 heavy (non-hydrogen) atoms. The van der Waals surface area contributed by atoms with Crippen molar-refractivity contribution in [1.29, 1.82) is 0 Å². The molecular weight excluding hydrogens is 372 g/mol. The maximum atomic E-state index is 13.4. The van der Waals surface area contributed by atoms with Gasteiger partial charge in [0.2, 0.25) is 5.78 Å². The van der Waals surface area contributed by atoms with Gasteiger partial charge in [0.05, 0.1) is 11.0 Å². The number of rotatable bonds is 4. The lowest BCUT2D eigenvalue weighted by Gasteiger charge is -2.09. The van der Waals surface area contributed by atoms with Crippen molar-refractivity contribution < 1.29 is 9.90 Å². The van der Waals surface area contributed by atoms with Crippen molar-refractivity contribution in [3.8, 4) is 0 Å². The summed E-state index contributed by atoms with van der Waals surface area (Å²) >= 11 is 0. The normalized spacial score (nSPS) is 12.1. The number of H-pyrrole nitrogens is 1. The minimum Gasteiger partial charge on any atom is -0.506 e. The Morgan fingerprint density at radius 1 is 0.733 bits per heavy atom.